The number of anilines is 1. The quantitative estimate of drug-likeness (QED) is 0.573. The van der Waals surface area contributed by atoms with Gasteiger partial charge in [0.2, 0.25) is 0 Å². The molecule has 2 aromatic carbocycles. The SMILES string of the molecule is O=C(Nc1c(F)c(F)c(C(F)(F)F)c(F)c1F)c1ccc(Cl)cc1. The van der Waals surface area contributed by atoms with Gasteiger partial charge in [-0.1, -0.05) is 11.6 Å². The number of hydrogen-bond donors (Lipinski definition) is 1. The molecule has 0 radical (unpaired) electrons. The van der Waals surface area contributed by atoms with Crippen LogP contribution in [0.15, 0.2) is 24.3 Å². The summed E-state index contributed by atoms with van der Waals surface area (Å²) in [6.07, 6.45) is -5.66. The van der Waals surface area contributed by atoms with Gasteiger partial charge < -0.3 is 5.32 Å². The van der Waals surface area contributed by atoms with Crippen LogP contribution in [0, 0.1) is 23.3 Å². The van der Waals surface area contributed by atoms with Crippen LogP contribution in [0.4, 0.5) is 36.4 Å². The molecule has 0 spiro atoms. The fourth-order valence-electron chi connectivity index (χ4n) is 1.78. The highest BCUT2D eigenvalue weighted by Gasteiger charge is 2.42. The third-order valence-corrected chi connectivity index (χ3v) is 3.14. The van der Waals surface area contributed by atoms with Gasteiger partial charge in [0.25, 0.3) is 5.91 Å². The number of nitrogens with one attached hydrogen (secondary N) is 1. The molecule has 0 saturated heterocycles. The normalized spacial score (nSPS) is 11.5. The van der Waals surface area contributed by atoms with Gasteiger partial charge in [0, 0.05) is 10.6 Å². The molecule has 2 nitrogen and oxygen atoms in total. The van der Waals surface area contributed by atoms with E-state index in [0.29, 0.717) is 0 Å². The highest BCUT2D eigenvalue weighted by Crippen LogP contribution is 2.38. The van der Waals surface area contributed by atoms with E-state index in [1.165, 1.54) is 17.4 Å². The van der Waals surface area contributed by atoms with Crippen LogP contribution in [-0.2, 0) is 6.18 Å². The Kier molecular flexibility index (Phi) is 4.75. The third kappa shape index (κ3) is 3.30. The first-order valence-electron chi connectivity index (χ1n) is 6.04. The number of amides is 1. The van der Waals surface area contributed by atoms with Crippen LogP contribution in [0.2, 0.25) is 5.02 Å². The topological polar surface area (TPSA) is 29.1 Å². The maximum Gasteiger partial charge on any atom is 0.422 e. The van der Waals surface area contributed by atoms with Crippen molar-refractivity contribution in [2.45, 2.75) is 6.18 Å². The lowest BCUT2D eigenvalue weighted by Gasteiger charge is -2.14. The first kappa shape index (κ1) is 18.1. The second kappa shape index (κ2) is 6.31. The molecule has 0 aromatic heterocycles. The lowest BCUT2D eigenvalue weighted by molar-refractivity contribution is -0.143. The number of carbonyl (C=O) groups excluding carboxylic acids is 1. The van der Waals surface area contributed by atoms with Crippen molar-refractivity contribution in [1.29, 1.82) is 0 Å². The fourth-order valence-corrected chi connectivity index (χ4v) is 1.90. The summed E-state index contributed by atoms with van der Waals surface area (Å²) in [6, 6.07) is 4.75. The van der Waals surface area contributed by atoms with E-state index in [0.717, 1.165) is 12.1 Å². The summed E-state index contributed by atoms with van der Waals surface area (Å²) in [6.45, 7) is 0. The molecular formula is C14H5ClF7NO. The van der Waals surface area contributed by atoms with E-state index in [9.17, 15) is 35.5 Å². The van der Waals surface area contributed by atoms with E-state index in [1.807, 2.05) is 0 Å². The number of halogens is 8. The Balaban J connectivity index is 2.49. The predicted molar refractivity (Wildman–Crippen MR) is 70.7 cm³/mol. The van der Waals surface area contributed by atoms with Gasteiger partial charge in [0.05, 0.1) is 0 Å². The molecule has 0 bridgehead atoms. The molecule has 0 atom stereocenters. The van der Waals surface area contributed by atoms with Crippen LogP contribution < -0.4 is 5.32 Å². The van der Waals surface area contributed by atoms with Gasteiger partial charge in [-0.2, -0.15) is 13.2 Å². The predicted octanol–water partition coefficient (Wildman–Crippen LogP) is 5.17. The first-order chi connectivity index (χ1) is 11.0. The molecule has 0 heterocycles. The molecule has 0 fully saturated rings. The molecule has 2 rings (SSSR count). The van der Waals surface area contributed by atoms with Crippen LogP contribution >= 0.6 is 11.6 Å². The van der Waals surface area contributed by atoms with Gasteiger partial charge in [-0.25, -0.2) is 17.6 Å². The molecular weight excluding hydrogens is 367 g/mol. The van der Waals surface area contributed by atoms with E-state index >= 15 is 0 Å². The van der Waals surface area contributed by atoms with Crippen molar-refractivity contribution >= 4 is 23.2 Å². The minimum atomic E-state index is -5.66. The zero-order valence-corrected chi connectivity index (χ0v) is 12.0. The summed E-state index contributed by atoms with van der Waals surface area (Å²) in [5.74, 6) is -11.3. The van der Waals surface area contributed by atoms with E-state index in [1.54, 1.807) is 0 Å². The average Bonchev–Trinajstić information content (AvgIpc) is 2.49. The summed E-state index contributed by atoms with van der Waals surface area (Å²) in [4.78, 5) is 11.8. The summed E-state index contributed by atoms with van der Waals surface area (Å²) < 4.78 is 91.5. The molecule has 0 aliphatic heterocycles. The van der Waals surface area contributed by atoms with Crippen molar-refractivity contribution in [3.63, 3.8) is 0 Å². The molecule has 0 aliphatic carbocycles. The Bertz CT molecular complexity index is 773. The van der Waals surface area contributed by atoms with Crippen LogP contribution in [0.25, 0.3) is 0 Å². The van der Waals surface area contributed by atoms with Gasteiger partial charge in [0.15, 0.2) is 23.3 Å². The largest absolute Gasteiger partial charge is 0.422 e. The average molecular weight is 372 g/mol. The second-order valence-corrected chi connectivity index (χ2v) is 4.90. The van der Waals surface area contributed by atoms with Gasteiger partial charge in [-0.15, -0.1) is 0 Å². The molecule has 0 aliphatic rings. The summed E-state index contributed by atoms with van der Waals surface area (Å²) >= 11 is 5.57. The van der Waals surface area contributed by atoms with E-state index in [4.69, 9.17) is 11.6 Å². The lowest BCUT2D eigenvalue weighted by Crippen LogP contribution is -2.20. The van der Waals surface area contributed by atoms with Crippen LogP contribution in [0.3, 0.4) is 0 Å². The minimum Gasteiger partial charge on any atom is -0.317 e. The Morgan fingerprint density at radius 1 is 0.875 bits per heavy atom. The summed E-state index contributed by atoms with van der Waals surface area (Å²) in [5.41, 5.74) is -4.58. The monoisotopic (exact) mass is 371 g/mol. The number of benzene rings is 2. The second-order valence-electron chi connectivity index (χ2n) is 4.46. The molecule has 24 heavy (non-hydrogen) atoms. The van der Waals surface area contributed by atoms with Crippen LogP contribution in [0.5, 0.6) is 0 Å². The van der Waals surface area contributed by atoms with Gasteiger partial charge in [0.1, 0.15) is 11.3 Å². The Labute approximate surface area is 134 Å². The highest BCUT2D eigenvalue weighted by atomic mass is 35.5. The van der Waals surface area contributed by atoms with Gasteiger partial charge >= 0.3 is 6.18 Å². The van der Waals surface area contributed by atoms with Gasteiger partial charge in [-0.05, 0) is 24.3 Å². The lowest BCUT2D eigenvalue weighted by atomic mass is 10.1. The number of carbonyl (C=O) groups is 1. The molecule has 10 heteroatoms. The minimum absolute atomic E-state index is 0.195. The number of hydrogen-bond acceptors (Lipinski definition) is 1. The summed E-state index contributed by atoms with van der Waals surface area (Å²) in [5, 5.41) is 1.73. The smallest absolute Gasteiger partial charge is 0.317 e. The van der Waals surface area contributed by atoms with E-state index < -0.39 is 46.6 Å². The molecule has 0 unspecified atom stereocenters. The maximum atomic E-state index is 13.7. The molecule has 1 N–H and O–H groups in total. The van der Waals surface area contributed by atoms with Crippen molar-refractivity contribution in [3.8, 4) is 0 Å². The molecule has 2 aromatic rings. The van der Waals surface area contributed by atoms with E-state index in [2.05, 4.69) is 0 Å². The zero-order valence-electron chi connectivity index (χ0n) is 11.2. The molecule has 1 amide bonds. The van der Waals surface area contributed by atoms with E-state index in [-0.39, 0.29) is 10.6 Å². The number of rotatable bonds is 2. The van der Waals surface area contributed by atoms with Crippen LogP contribution in [0.1, 0.15) is 15.9 Å². The molecule has 128 valence electrons. The maximum absolute atomic E-state index is 13.7. The Morgan fingerprint density at radius 2 is 1.33 bits per heavy atom. The Morgan fingerprint density at radius 3 is 1.75 bits per heavy atom. The van der Waals surface area contributed by atoms with Crippen LogP contribution in [-0.4, -0.2) is 5.91 Å². The molecule has 0 saturated carbocycles. The van der Waals surface area contributed by atoms with Crippen molar-refractivity contribution < 1.29 is 35.5 Å². The highest BCUT2D eigenvalue weighted by molar-refractivity contribution is 6.30. The first-order valence-corrected chi connectivity index (χ1v) is 6.42. The number of alkyl halides is 3. The van der Waals surface area contributed by atoms with Crippen molar-refractivity contribution in [2.75, 3.05) is 5.32 Å². The Hall–Kier alpha value is -2.29. The zero-order chi connectivity index (χ0) is 18.2. The van der Waals surface area contributed by atoms with Crippen molar-refractivity contribution in [2.24, 2.45) is 0 Å². The standard InChI is InChI=1S/C14H5ClF7NO/c15-6-3-1-5(2-4-6)13(24)23-12-10(18)8(16)7(14(20,21)22)9(17)11(12)19/h1-4H,(H,23,24). The van der Waals surface area contributed by atoms with Gasteiger partial charge in [-0.3, -0.25) is 4.79 Å². The summed E-state index contributed by atoms with van der Waals surface area (Å²) in [7, 11) is 0. The fraction of sp³-hybridized carbons (Fsp3) is 0.0714. The van der Waals surface area contributed by atoms with Crippen molar-refractivity contribution in [3.05, 3.63) is 63.7 Å². The third-order valence-electron chi connectivity index (χ3n) is 2.89. The van der Waals surface area contributed by atoms with Crippen molar-refractivity contribution in [1.82, 2.24) is 0 Å².